The first kappa shape index (κ1) is 17.5. The van der Waals surface area contributed by atoms with Gasteiger partial charge in [-0.15, -0.1) is 0 Å². The SMILES string of the molecule is Cc1cc2nc(C3CCNCC3)n(Cc3ccc(F)c(Cl)c3)c2cc1C. The second kappa shape index (κ2) is 7.01. The van der Waals surface area contributed by atoms with E-state index in [2.05, 4.69) is 35.9 Å². The summed E-state index contributed by atoms with van der Waals surface area (Å²) in [6, 6.07) is 9.35. The summed E-state index contributed by atoms with van der Waals surface area (Å²) in [5.41, 5.74) is 5.68. The van der Waals surface area contributed by atoms with Crippen molar-refractivity contribution in [2.75, 3.05) is 13.1 Å². The minimum Gasteiger partial charge on any atom is -0.323 e. The highest BCUT2D eigenvalue weighted by atomic mass is 35.5. The van der Waals surface area contributed by atoms with Crippen molar-refractivity contribution in [3.8, 4) is 0 Å². The molecule has 1 saturated heterocycles. The quantitative estimate of drug-likeness (QED) is 0.705. The number of hydrogen-bond acceptors (Lipinski definition) is 2. The Bertz CT molecular complexity index is 958. The molecule has 5 heteroatoms. The fourth-order valence-corrected chi connectivity index (χ4v) is 3.98. The van der Waals surface area contributed by atoms with Gasteiger partial charge >= 0.3 is 0 Å². The van der Waals surface area contributed by atoms with E-state index < -0.39 is 0 Å². The highest BCUT2D eigenvalue weighted by Crippen LogP contribution is 2.30. The molecule has 0 unspecified atom stereocenters. The number of nitrogens with zero attached hydrogens (tertiary/aromatic N) is 2. The normalized spacial score (nSPS) is 15.7. The van der Waals surface area contributed by atoms with E-state index in [1.165, 1.54) is 17.2 Å². The van der Waals surface area contributed by atoms with Gasteiger partial charge in [0, 0.05) is 12.5 Å². The maximum absolute atomic E-state index is 13.5. The Hall–Kier alpha value is -1.91. The van der Waals surface area contributed by atoms with Crippen LogP contribution in [0.5, 0.6) is 0 Å². The third kappa shape index (κ3) is 3.24. The van der Waals surface area contributed by atoms with Gasteiger partial charge in [0.25, 0.3) is 0 Å². The molecule has 4 rings (SSSR count). The van der Waals surface area contributed by atoms with Crippen LogP contribution >= 0.6 is 11.6 Å². The Labute approximate surface area is 158 Å². The van der Waals surface area contributed by atoms with Gasteiger partial charge in [0.15, 0.2) is 0 Å². The van der Waals surface area contributed by atoms with Gasteiger partial charge in [0.2, 0.25) is 0 Å². The fourth-order valence-electron chi connectivity index (χ4n) is 3.78. The molecular weight excluding hydrogens is 349 g/mol. The van der Waals surface area contributed by atoms with E-state index in [-0.39, 0.29) is 10.8 Å². The summed E-state index contributed by atoms with van der Waals surface area (Å²) in [5, 5.41) is 3.59. The summed E-state index contributed by atoms with van der Waals surface area (Å²) in [4.78, 5) is 5.00. The number of aryl methyl sites for hydroxylation is 2. The van der Waals surface area contributed by atoms with Gasteiger partial charge in [-0.3, -0.25) is 0 Å². The molecule has 3 nitrogen and oxygen atoms in total. The van der Waals surface area contributed by atoms with Crippen LogP contribution in [0.4, 0.5) is 4.39 Å². The monoisotopic (exact) mass is 371 g/mol. The highest BCUT2D eigenvalue weighted by Gasteiger charge is 2.23. The van der Waals surface area contributed by atoms with Crippen molar-refractivity contribution in [2.24, 2.45) is 0 Å². The minimum absolute atomic E-state index is 0.169. The van der Waals surface area contributed by atoms with E-state index >= 15 is 0 Å². The van der Waals surface area contributed by atoms with Gasteiger partial charge in [0.1, 0.15) is 11.6 Å². The zero-order valence-corrected chi connectivity index (χ0v) is 15.9. The molecule has 26 heavy (non-hydrogen) atoms. The van der Waals surface area contributed by atoms with E-state index in [9.17, 15) is 4.39 Å². The Morgan fingerprint density at radius 3 is 2.62 bits per heavy atom. The first-order valence-corrected chi connectivity index (χ1v) is 9.53. The van der Waals surface area contributed by atoms with Gasteiger partial charge in [-0.05, 0) is 80.7 Å². The summed E-state index contributed by atoms with van der Waals surface area (Å²) in [5.74, 6) is 1.20. The lowest BCUT2D eigenvalue weighted by molar-refractivity contribution is 0.435. The van der Waals surface area contributed by atoms with Crippen LogP contribution in [0.3, 0.4) is 0 Å². The number of hydrogen-bond donors (Lipinski definition) is 1. The second-order valence-electron chi connectivity index (χ2n) is 7.25. The van der Waals surface area contributed by atoms with Crippen molar-refractivity contribution in [3.63, 3.8) is 0 Å². The molecular formula is C21H23ClFN3. The Morgan fingerprint density at radius 1 is 1.15 bits per heavy atom. The highest BCUT2D eigenvalue weighted by molar-refractivity contribution is 6.30. The molecule has 136 valence electrons. The molecule has 0 radical (unpaired) electrons. The second-order valence-corrected chi connectivity index (χ2v) is 7.66. The van der Waals surface area contributed by atoms with Crippen molar-refractivity contribution in [3.05, 3.63) is 63.7 Å². The fraction of sp³-hybridized carbons (Fsp3) is 0.381. The molecule has 0 amide bonds. The maximum Gasteiger partial charge on any atom is 0.141 e. The third-order valence-corrected chi connectivity index (χ3v) is 5.71. The molecule has 0 aliphatic carbocycles. The number of halogens is 2. The van der Waals surface area contributed by atoms with Crippen molar-refractivity contribution < 1.29 is 4.39 Å². The lowest BCUT2D eigenvalue weighted by atomic mass is 9.97. The maximum atomic E-state index is 13.5. The standard InChI is InChI=1S/C21H23ClFN3/c1-13-9-19-20(10-14(13)2)26(12-15-3-4-18(23)17(22)11-15)21(25-19)16-5-7-24-8-6-16/h3-4,9-11,16,24H,5-8,12H2,1-2H3. The smallest absolute Gasteiger partial charge is 0.141 e. The van der Waals surface area contributed by atoms with Crippen molar-refractivity contribution >= 4 is 22.6 Å². The number of benzene rings is 2. The van der Waals surface area contributed by atoms with Gasteiger partial charge in [-0.2, -0.15) is 0 Å². The molecule has 1 aliphatic rings. The molecule has 1 fully saturated rings. The molecule has 1 N–H and O–H groups in total. The molecule has 0 spiro atoms. The predicted octanol–water partition coefficient (Wildman–Crippen LogP) is 4.96. The van der Waals surface area contributed by atoms with E-state index in [1.54, 1.807) is 12.1 Å². The van der Waals surface area contributed by atoms with E-state index in [1.807, 2.05) is 0 Å². The van der Waals surface area contributed by atoms with Crippen LogP contribution in [0.25, 0.3) is 11.0 Å². The van der Waals surface area contributed by atoms with Crippen LogP contribution in [0, 0.1) is 19.7 Å². The summed E-state index contributed by atoms with van der Waals surface area (Å²) < 4.78 is 15.8. The topological polar surface area (TPSA) is 29.9 Å². The van der Waals surface area contributed by atoms with Crippen LogP contribution in [-0.2, 0) is 6.54 Å². The van der Waals surface area contributed by atoms with Gasteiger partial charge < -0.3 is 9.88 Å². The third-order valence-electron chi connectivity index (χ3n) is 5.42. The zero-order valence-electron chi connectivity index (χ0n) is 15.1. The molecule has 0 atom stereocenters. The zero-order chi connectivity index (χ0) is 18.3. The average molecular weight is 372 g/mol. The minimum atomic E-state index is -0.379. The molecule has 3 aromatic rings. The number of fused-ring (bicyclic) bond motifs is 1. The predicted molar refractivity (Wildman–Crippen MR) is 105 cm³/mol. The summed E-state index contributed by atoms with van der Waals surface area (Å²) in [6.45, 7) is 6.95. The molecule has 2 heterocycles. The Morgan fingerprint density at radius 2 is 1.88 bits per heavy atom. The van der Waals surface area contributed by atoms with E-state index in [0.717, 1.165) is 48.4 Å². The lowest BCUT2D eigenvalue weighted by Crippen LogP contribution is -2.28. The number of imidazole rings is 1. The molecule has 2 aromatic carbocycles. The Balaban J connectivity index is 1.83. The summed E-state index contributed by atoms with van der Waals surface area (Å²) in [6.07, 6.45) is 2.18. The first-order valence-electron chi connectivity index (χ1n) is 9.15. The van der Waals surface area contributed by atoms with Crippen molar-refractivity contribution in [1.82, 2.24) is 14.9 Å². The van der Waals surface area contributed by atoms with Crippen molar-refractivity contribution in [2.45, 2.75) is 39.2 Å². The van der Waals surface area contributed by atoms with Crippen LogP contribution < -0.4 is 5.32 Å². The number of nitrogens with one attached hydrogen (secondary N) is 1. The average Bonchev–Trinajstić information content (AvgIpc) is 2.97. The van der Waals surface area contributed by atoms with Crippen LogP contribution in [0.15, 0.2) is 30.3 Å². The Kier molecular flexibility index (Phi) is 4.72. The van der Waals surface area contributed by atoms with Crippen LogP contribution in [0.2, 0.25) is 5.02 Å². The number of aromatic nitrogens is 2. The van der Waals surface area contributed by atoms with Crippen LogP contribution in [0.1, 0.15) is 41.3 Å². The molecule has 1 aliphatic heterocycles. The summed E-state index contributed by atoms with van der Waals surface area (Å²) >= 11 is 6.00. The van der Waals surface area contributed by atoms with Gasteiger partial charge in [-0.1, -0.05) is 17.7 Å². The number of piperidine rings is 1. The summed E-state index contributed by atoms with van der Waals surface area (Å²) in [7, 11) is 0. The lowest BCUT2D eigenvalue weighted by Gasteiger charge is -2.23. The molecule has 0 saturated carbocycles. The molecule has 1 aromatic heterocycles. The van der Waals surface area contributed by atoms with Gasteiger partial charge in [0.05, 0.1) is 16.1 Å². The van der Waals surface area contributed by atoms with Crippen LogP contribution in [-0.4, -0.2) is 22.6 Å². The van der Waals surface area contributed by atoms with Crippen molar-refractivity contribution in [1.29, 1.82) is 0 Å². The number of rotatable bonds is 3. The van der Waals surface area contributed by atoms with E-state index in [4.69, 9.17) is 16.6 Å². The largest absolute Gasteiger partial charge is 0.323 e. The molecule has 0 bridgehead atoms. The van der Waals surface area contributed by atoms with E-state index in [0.29, 0.717) is 12.5 Å². The van der Waals surface area contributed by atoms with Gasteiger partial charge in [-0.25, -0.2) is 9.37 Å². The first-order chi connectivity index (χ1) is 12.5.